The maximum atomic E-state index is 11.7. The highest BCUT2D eigenvalue weighted by Gasteiger charge is 2.18. The van der Waals surface area contributed by atoms with Gasteiger partial charge in [0.2, 0.25) is 5.91 Å². The van der Waals surface area contributed by atoms with Gasteiger partial charge in [0.1, 0.15) is 0 Å². The minimum Gasteiger partial charge on any atom is -0.385 e. The van der Waals surface area contributed by atoms with Crippen LogP contribution in [0.3, 0.4) is 0 Å². The van der Waals surface area contributed by atoms with Crippen LogP contribution in [0.5, 0.6) is 0 Å². The highest BCUT2D eigenvalue weighted by atomic mass is 16.5. The second kappa shape index (κ2) is 7.65. The van der Waals surface area contributed by atoms with E-state index in [0.29, 0.717) is 19.1 Å². The van der Waals surface area contributed by atoms with Crippen molar-refractivity contribution in [2.24, 2.45) is 11.7 Å². The lowest BCUT2D eigenvalue weighted by molar-refractivity contribution is -0.131. The Morgan fingerprint density at radius 1 is 1.47 bits per heavy atom. The molecule has 15 heavy (non-hydrogen) atoms. The van der Waals surface area contributed by atoms with Crippen molar-refractivity contribution in [1.29, 1.82) is 0 Å². The Kier molecular flexibility index (Phi) is 7.34. The molecule has 0 aromatic carbocycles. The van der Waals surface area contributed by atoms with Gasteiger partial charge in [0, 0.05) is 27.3 Å². The van der Waals surface area contributed by atoms with Crippen LogP contribution in [0.25, 0.3) is 0 Å². The molecule has 0 fully saturated rings. The standard InChI is InChI=1S/C11H24N2O2/c1-9(2)8-10(12)11(14)13(3)6-5-7-15-4/h9-10H,5-8,12H2,1-4H3/t10-/m0/s1. The Balaban J connectivity index is 3.85. The minimum absolute atomic E-state index is 0.0276. The summed E-state index contributed by atoms with van der Waals surface area (Å²) >= 11 is 0. The second-order valence-electron chi connectivity index (χ2n) is 4.34. The van der Waals surface area contributed by atoms with Gasteiger partial charge in [0.15, 0.2) is 0 Å². The summed E-state index contributed by atoms with van der Waals surface area (Å²) in [4.78, 5) is 13.4. The summed E-state index contributed by atoms with van der Waals surface area (Å²) in [5.41, 5.74) is 5.80. The number of nitrogens with two attached hydrogens (primary N) is 1. The summed E-state index contributed by atoms with van der Waals surface area (Å²) in [6, 6.07) is -0.363. The summed E-state index contributed by atoms with van der Waals surface area (Å²) < 4.78 is 4.93. The largest absolute Gasteiger partial charge is 0.385 e. The van der Waals surface area contributed by atoms with Gasteiger partial charge in [-0.2, -0.15) is 0 Å². The van der Waals surface area contributed by atoms with E-state index in [-0.39, 0.29) is 11.9 Å². The van der Waals surface area contributed by atoms with E-state index in [1.165, 1.54) is 0 Å². The zero-order valence-electron chi connectivity index (χ0n) is 10.3. The number of likely N-dealkylation sites (N-methyl/N-ethyl adjacent to an activating group) is 1. The fourth-order valence-corrected chi connectivity index (χ4v) is 1.45. The fraction of sp³-hybridized carbons (Fsp3) is 0.909. The summed E-state index contributed by atoms with van der Waals surface area (Å²) in [6.07, 6.45) is 1.60. The van der Waals surface area contributed by atoms with Crippen LogP contribution in [0.1, 0.15) is 26.7 Å². The molecule has 0 heterocycles. The van der Waals surface area contributed by atoms with Gasteiger partial charge in [-0.05, 0) is 18.8 Å². The number of nitrogens with zero attached hydrogens (tertiary/aromatic N) is 1. The van der Waals surface area contributed by atoms with E-state index in [1.807, 2.05) is 0 Å². The molecule has 0 aliphatic rings. The number of rotatable bonds is 7. The molecule has 0 aliphatic carbocycles. The third-order valence-electron chi connectivity index (χ3n) is 2.26. The summed E-state index contributed by atoms with van der Waals surface area (Å²) in [6.45, 7) is 5.52. The molecule has 0 saturated heterocycles. The molecule has 0 bridgehead atoms. The van der Waals surface area contributed by atoms with E-state index >= 15 is 0 Å². The third kappa shape index (κ3) is 6.47. The van der Waals surface area contributed by atoms with Crippen molar-refractivity contribution < 1.29 is 9.53 Å². The van der Waals surface area contributed by atoms with E-state index in [1.54, 1.807) is 19.1 Å². The highest BCUT2D eigenvalue weighted by Crippen LogP contribution is 2.05. The van der Waals surface area contributed by atoms with Crippen molar-refractivity contribution in [3.63, 3.8) is 0 Å². The average Bonchev–Trinajstić information content (AvgIpc) is 2.15. The number of amides is 1. The van der Waals surface area contributed by atoms with Crippen LogP contribution >= 0.6 is 0 Å². The predicted octanol–water partition coefficient (Wildman–Crippen LogP) is 0.855. The van der Waals surface area contributed by atoms with Crippen LogP contribution in [-0.4, -0.2) is 44.2 Å². The number of hydrogen-bond acceptors (Lipinski definition) is 3. The molecule has 0 rings (SSSR count). The molecule has 4 nitrogen and oxygen atoms in total. The molecule has 0 aromatic heterocycles. The van der Waals surface area contributed by atoms with Gasteiger partial charge in [-0.25, -0.2) is 0 Å². The van der Waals surface area contributed by atoms with E-state index in [2.05, 4.69) is 13.8 Å². The Hall–Kier alpha value is -0.610. The molecule has 0 radical (unpaired) electrons. The quantitative estimate of drug-likeness (QED) is 0.642. The van der Waals surface area contributed by atoms with Crippen molar-refractivity contribution in [2.75, 3.05) is 27.3 Å². The SMILES string of the molecule is COCCCN(C)C(=O)[C@@H](N)CC(C)C. The first-order valence-corrected chi connectivity index (χ1v) is 5.48. The summed E-state index contributed by atoms with van der Waals surface area (Å²) in [5, 5.41) is 0. The Morgan fingerprint density at radius 3 is 2.53 bits per heavy atom. The van der Waals surface area contributed by atoms with Crippen LogP contribution in [0, 0.1) is 5.92 Å². The van der Waals surface area contributed by atoms with Crippen molar-refractivity contribution in [1.82, 2.24) is 4.90 Å². The van der Waals surface area contributed by atoms with Gasteiger partial charge in [-0.3, -0.25) is 4.79 Å². The third-order valence-corrected chi connectivity index (χ3v) is 2.26. The molecule has 0 aromatic rings. The summed E-state index contributed by atoms with van der Waals surface area (Å²) in [5.74, 6) is 0.483. The van der Waals surface area contributed by atoms with Crippen LogP contribution in [0.4, 0.5) is 0 Å². The molecule has 0 unspecified atom stereocenters. The van der Waals surface area contributed by atoms with Gasteiger partial charge >= 0.3 is 0 Å². The van der Waals surface area contributed by atoms with E-state index < -0.39 is 0 Å². The van der Waals surface area contributed by atoms with Crippen LogP contribution in [0.15, 0.2) is 0 Å². The smallest absolute Gasteiger partial charge is 0.239 e. The first kappa shape index (κ1) is 14.4. The van der Waals surface area contributed by atoms with Crippen molar-refractivity contribution in [2.45, 2.75) is 32.7 Å². The second-order valence-corrected chi connectivity index (χ2v) is 4.34. The predicted molar refractivity (Wildman–Crippen MR) is 61.6 cm³/mol. The molecular weight excluding hydrogens is 192 g/mol. The first-order valence-electron chi connectivity index (χ1n) is 5.48. The van der Waals surface area contributed by atoms with Gasteiger partial charge in [0.25, 0.3) is 0 Å². The molecule has 1 amide bonds. The van der Waals surface area contributed by atoms with Crippen molar-refractivity contribution >= 4 is 5.91 Å². The van der Waals surface area contributed by atoms with E-state index in [0.717, 1.165) is 12.8 Å². The molecule has 4 heteroatoms. The zero-order chi connectivity index (χ0) is 11.8. The van der Waals surface area contributed by atoms with Gasteiger partial charge in [-0.15, -0.1) is 0 Å². The van der Waals surface area contributed by atoms with E-state index in [4.69, 9.17) is 10.5 Å². The average molecular weight is 216 g/mol. The summed E-state index contributed by atoms with van der Waals surface area (Å²) in [7, 11) is 3.45. The minimum atomic E-state index is -0.363. The molecule has 0 saturated carbocycles. The van der Waals surface area contributed by atoms with Crippen LogP contribution in [0.2, 0.25) is 0 Å². The van der Waals surface area contributed by atoms with Crippen LogP contribution in [-0.2, 0) is 9.53 Å². The number of methoxy groups -OCH3 is 1. The highest BCUT2D eigenvalue weighted by molar-refractivity contribution is 5.81. The van der Waals surface area contributed by atoms with Crippen molar-refractivity contribution in [3.05, 3.63) is 0 Å². The molecule has 1 atom stereocenters. The van der Waals surface area contributed by atoms with Crippen LogP contribution < -0.4 is 5.73 Å². The Labute approximate surface area is 92.8 Å². The topological polar surface area (TPSA) is 55.6 Å². The fourth-order valence-electron chi connectivity index (χ4n) is 1.45. The molecule has 0 aliphatic heterocycles. The maximum Gasteiger partial charge on any atom is 0.239 e. The molecule has 2 N–H and O–H groups in total. The Bertz CT molecular complexity index is 183. The van der Waals surface area contributed by atoms with E-state index in [9.17, 15) is 4.79 Å². The number of carbonyl (C=O) groups is 1. The molecular formula is C11H24N2O2. The zero-order valence-corrected chi connectivity index (χ0v) is 10.3. The van der Waals surface area contributed by atoms with Crippen molar-refractivity contribution in [3.8, 4) is 0 Å². The lowest BCUT2D eigenvalue weighted by atomic mass is 10.0. The lowest BCUT2D eigenvalue weighted by Gasteiger charge is -2.22. The Morgan fingerprint density at radius 2 is 2.07 bits per heavy atom. The normalized spacial score (nSPS) is 12.9. The molecule has 90 valence electrons. The maximum absolute atomic E-state index is 11.7. The number of hydrogen-bond donors (Lipinski definition) is 1. The van der Waals surface area contributed by atoms with Gasteiger partial charge < -0.3 is 15.4 Å². The molecule has 0 spiro atoms. The monoisotopic (exact) mass is 216 g/mol. The number of carbonyl (C=O) groups excluding carboxylic acids is 1. The first-order chi connectivity index (χ1) is 6.99. The lowest BCUT2D eigenvalue weighted by Crippen LogP contribution is -2.43. The number of ether oxygens (including phenoxy) is 1. The van der Waals surface area contributed by atoms with Gasteiger partial charge in [0.05, 0.1) is 6.04 Å². The van der Waals surface area contributed by atoms with Gasteiger partial charge in [-0.1, -0.05) is 13.8 Å².